The van der Waals surface area contributed by atoms with Crippen LogP contribution in [0.2, 0.25) is 0 Å². The molecule has 0 aliphatic rings. The first kappa shape index (κ1) is 5.89. The second-order valence-electron chi connectivity index (χ2n) is 2.98. The SMILES string of the molecule is c1cc2c[nH]cc2c2c[nH]cc12. The molecule has 0 saturated carbocycles. The molecule has 0 spiro atoms. The zero-order valence-electron chi connectivity index (χ0n) is 6.46. The predicted molar refractivity (Wildman–Crippen MR) is 50.2 cm³/mol. The Hall–Kier alpha value is -1.70. The molecule has 0 amide bonds. The minimum atomic E-state index is 1.27. The summed E-state index contributed by atoms with van der Waals surface area (Å²) < 4.78 is 0. The van der Waals surface area contributed by atoms with Gasteiger partial charge in [0, 0.05) is 35.6 Å². The second-order valence-corrected chi connectivity index (χ2v) is 2.98. The van der Waals surface area contributed by atoms with E-state index >= 15 is 0 Å². The quantitative estimate of drug-likeness (QED) is 0.501. The van der Waals surface area contributed by atoms with Crippen molar-refractivity contribution in [3.63, 3.8) is 0 Å². The van der Waals surface area contributed by atoms with Crippen LogP contribution >= 0.6 is 0 Å². The summed E-state index contributed by atoms with van der Waals surface area (Å²) in [6.07, 6.45) is 8.10. The van der Waals surface area contributed by atoms with Crippen molar-refractivity contribution in [1.29, 1.82) is 0 Å². The fraction of sp³-hybridized carbons (Fsp3) is 0. The van der Waals surface area contributed by atoms with Crippen molar-refractivity contribution in [3.8, 4) is 0 Å². The number of hydrogen-bond donors (Lipinski definition) is 2. The summed E-state index contributed by atoms with van der Waals surface area (Å²) >= 11 is 0. The monoisotopic (exact) mass is 156 g/mol. The molecule has 0 aliphatic carbocycles. The molecule has 0 saturated heterocycles. The van der Waals surface area contributed by atoms with Crippen LogP contribution in [0.5, 0.6) is 0 Å². The van der Waals surface area contributed by atoms with E-state index < -0.39 is 0 Å². The van der Waals surface area contributed by atoms with Gasteiger partial charge in [0.1, 0.15) is 0 Å². The molecule has 0 fully saturated rings. The molecule has 1 aromatic carbocycles. The lowest BCUT2D eigenvalue weighted by Gasteiger charge is -1.90. The average Bonchev–Trinajstić information content (AvgIpc) is 2.71. The van der Waals surface area contributed by atoms with E-state index in [1.165, 1.54) is 21.5 Å². The molecule has 0 atom stereocenters. The summed E-state index contributed by atoms with van der Waals surface area (Å²) in [7, 11) is 0. The molecule has 3 aromatic rings. The Kier molecular flexibility index (Phi) is 0.939. The Morgan fingerprint density at radius 2 is 1.17 bits per heavy atom. The Balaban J connectivity index is 2.71. The Bertz CT molecular complexity index is 481. The van der Waals surface area contributed by atoms with E-state index in [0.717, 1.165) is 0 Å². The molecule has 0 bridgehead atoms. The fourth-order valence-corrected chi connectivity index (χ4v) is 1.67. The number of nitrogens with one attached hydrogen (secondary N) is 2. The summed E-state index contributed by atoms with van der Waals surface area (Å²) in [6.45, 7) is 0. The predicted octanol–water partition coefficient (Wildman–Crippen LogP) is 2.65. The number of benzene rings is 1. The maximum Gasteiger partial charge on any atom is 0.00912 e. The molecule has 0 radical (unpaired) electrons. The molecule has 2 heterocycles. The average molecular weight is 156 g/mol. The van der Waals surface area contributed by atoms with Crippen molar-refractivity contribution >= 4 is 21.5 Å². The van der Waals surface area contributed by atoms with E-state index in [1.807, 2.05) is 24.8 Å². The van der Waals surface area contributed by atoms with Crippen LogP contribution in [0.25, 0.3) is 21.5 Å². The molecule has 3 rings (SSSR count). The second kappa shape index (κ2) is 1.91. The highest BCUT2D eigenvalue weighted by Gasteiger charge is 1.99. The largest absolute Gasteiger partial charge is 0.366 e. The van der Waals surface area contributed by atoms with Crippen LogP contribution in [0.1, 0.15) is 0 Å². The highest BCUT2D eigenvalue weighted by molar-refractivity contribution is 6.07. The van der Waals surface area contributed by atoms with Gasteiger partial charge in [-0.15, -0.1) is 0 Å². The number of hydrogen-bond acceptors (Lipinski definition) is 0. The van der Waals surface area contributed by atoms with Gasteiger partial charge in [-0.2, -0.15) is 0 Å². The van der Waals surface area contributed by atoms with Crippen LogP contribution in [-0.2, 0) is 0 Å². The highest BCUT2D eigenvalue weighted by atomic mass is 14.7. The van der Waals surface area contributed by atoms with Gasteiger partial charge in [0.15, 0.2) is 0 Å². The Labute approximate surface area is 69.2 Å². The minimum Gasteiger partial charge on any atom is -0.366 e. The Morgan fingerprint density at radius 1 is 0.667 bits per heavy atom. The topological polar surface area (TPSA) is 31.6 Å². The van der Waals surface area contributed by atoms with Gasteiger partial charge in [-0.3, -0.25) is 0 Å². The standard InChI is InChI=1S/C10H8N2/c1-2-8-4-12-6-10(8)9-5-11-3-7(1)9/h1-6,11-12H. The molecule has 0 aliphatic heterocycles. The third-order valence-electron chi connectivity index (χ3n) is 2.29. The number of aromatic amines is 2. The summed E-state index contributed by atoms with van der Waals surface area (Å²) in [5.74, 6) is 0. The molecule has 12 heavy (non-hydrogen) atoms. The normalized spacial score (nSPS) is 11.3. The highest BCUT2D eigenvalue weighted by Crippen LogP contribution is 2.24. The zero-order valence-corrected chi connectivity index (χ0v) is 6.46. The van der Waals surface area contributed by atoms with Crippen LogP contribution in [0, 0.1) is 0 Å². The fourth-order valence-electron chi connectivity index (χ4n) is 1.67. The van der Waals surface area contributed by atoms with Crippen molar-refractivity contribution in [2.24, 2.45) is 0 Å². The molecule has 2 N–H and O–H groups in total. The van der Waals surface area contributed by atoms with Crippen molar-refractivity contribution < 1.29 is 0 Å². The maximum absolute atomic E-state index is 3.11. The third kappa shape index (κ3) is 0.593. The van der Waals surface area contributed by atoms with Gasteiger partial charge in [-0.1, -0.05) is 12.1 Å². The maximum atomic E-state index is 3.11. The van der Waals surface area contributed by atoms with Crippen LogP contribution in [0.3, 0.4) is 0 Å². The first-order chi connectivity index (χ1) is 5.95. The zero-order chi connectivity index (χ0) is 7.97. The summed E-state index contributed by atoms with van der Waals surface area (Å²) in [6, 6.07) is 4.25. The number of rotatable bonds is 0. The molecular weight excluding hydrogens is 148 g/mol. The van der Waals surface area contributed by atoms with E-state index in [9.17, 15) is 0 Å². The van der Waals surface area contributed by atoms with Crippen molar-refractivity contribution in [3.05, 3.63) is 36.9 Å². The van der Waals surface area contributed by atoms with E-state index in [2.05, 4.69) is 22.1 Å². The Morgan fingerprint density at radius 3 is 1.67 bits per heavy atom. The lowest BCUT2D eigenvalue weighted by atomic mass is 10.1. The number of aromatic nitrogens is 2. The summed E-state index contributed by atoms with van der Waals surface area (Å²) in [4.78, 5) is 6.21. The first-order valence-corrected chi connectivity index (χ1v) is 3.97. The van der Waals surface area contributed by atoms with Gasteiger partial charge in [0.05, 0.1) is 0 Å². The van der Waals surface area contributed by atoms with Crippen LogP contribution < -0.4 is 0 Å². The van der Waals surface area contributed by atoms with Crippen LogP contribution in [0.4, 0.5) is 0 Å². The molecule has 2 aromatic heterocycles. The van der Waals surface area contributed by atoms with Gasteiger partial charge in [0.2, 0.25) is 0 Å². The third-order valence-corrected chi connectivity index (χ3v) is 2.29. The van der Waals surface area contributed by atoms with Gasteiger partial charge >= 0.3 is 0 Å². The van der Waals surface area contributed by atoms with E-state index in [4.69, 9.17) is 0 Å². The van der Waals surface area contributed by atoms with E-state index in [1.54, 1.807) is 0 Å². The molecular formula is C10H8N2. The summed E-state index contributed by atoms with van der Waals surface area (Å²) in [5.41, 5.74) is 0. The van der Waals surface area contributed by atoms with Gasteiger partial charge < -0.3 is 9.97 Å². The molecule has 0 unspecified atom stereocenters. The lowest BCUT2D eigenvalue weighted by Crippen LogP contribution is -1.64. The van der Waals surface area contributed by atoms with Crippen LogP contribution in [-0.4, -0.2) is 9.97 Å². The molecule has 2 nitrogen and oxygen atoms in total. The number of H-pyrrole nitrogens is 2. The molecule has 58 valence electrons. The smallest absolute Gasteiger partial charge is 0.00912 e. The van der Waals surface area contributed by atoms with Crippen molar-refractivity contribution in [2.75, 3.05) is 0 Å². The minimum absolute atomic E-state index is 1.27. The van der Waals surface area contributed by atoms with Crippen molar-refractivity contribution in [2.45, 2.75) is 0 Å². The van der Waals surface area contributed by atoms with Gasteiger partial charge in [0.25, 0.3) is 0 Å². The van der Waals surface area contributed by atoms with E-state index in [0.29, 0.717) is 0 Å². The van der Waals surface area contributed by atoms with E-state index in [-0.39, 0.29) is 0 Å². The number of fused-ring (bicyclic) bond motifs is 3. The van der Waals surface area contributed by atoms with Crippen molar-refractivity contribution in [1.82, 2.24) is 9.97 Å². The first-order valence-electron chi connectivity index (χ1n) is 3.97. The summed E-state index contributed by atoms with van der Waals surface area (Å²) in [5, 5.41) is 5.10. The van der Waals surface area contributed by atoms with Gasteiger partial charge in [-0.05, 0) is 10.8 Å². The lowest BCUT2D eigenvalue weighted by molar-refractivity contribution is 1.42. The molecule has 2 heteroatoms. The van der Waals surface area contributed by atoms with Crippen LogP contribution in [0.15, 0.2) is 36.9 Å². The van der Waals surface area contributed by atoms with Gasteiger partial charge in [-0.25, -0.2) is 0 Å².